The van der Waals surface area contributed by atoms with Crippen molar-refractivity contribution in [3.63, 3.8) is 0 Å². The van der Waals surface area contributed by atoms with Crippen LogP contribution in [0.15, 0.2) is 10.7 Å². The van der Waals surface area contributed by atoms with Gasteiger partial charge in [0.2, 0.25) is 5.91 Å². The van der Waals surface area contributed by atoms with E-state index in [2.05, 4.69) is 31.2 Å². The van der Waals surface area contributed by atoms with Crippen molar-refractivity contribution in [1.29, 1.82) is 0 Å². The van der Waals surface area contributed by atoms with Crippen LogP contribution < -0.4 is 5.32 Å². The quantitative estimate of drug-likeness (QED) is 0.780. The van der Waals surface area contributed by atoms with Gasteiger partial charge < -0.3 is 10.1 Å². The Balaban J connectivity index is 1.68. The Morgan fingerprint density at radius 3 is 2.86 bits per heavy atom. The van der Waals surface area contributed by atoms with Gasteiger partial charge >= 0.3 is 0 Å². The van der Waals surface area contributed by atoms with Crippen LogP contribution in [0.4, 0.5) is 0 Å². The summed E-state index contributed by atoms with van der Waals surface area (Å²) >= 11 is 3.41. The summed E-state index contributed by atoms with van der Waals surface area (Å²) in [6.07, 6.45) is 2.80. The number of morpholine rings is 1. The zero-order valence-corrected chi connectivity index (χ0v) is 14.2. The molecule has 1 aliphatic heterocycles. The van der Waals surface area contributed by atoms with Gasteiger partial charge in [0.15, 0.2) is 0 Å². The third-order valence-electron chi connectivity index (χ3n) is 3.69. The summed E-state index contributed by atoms with van der Waals surface area (Å²) in [5.41, 5.74) is 0.891. The highest BCUT2D eigenvalue weighted by atomic mass is 79.9. The Bertz CT molecular complexity index is 452. The van der Waals surface area contributed by atoms with Gasteiger partial charge in [-0.15, -0.1) is 0 Å². The molecule has 2 heterocycles. The van der Waals surface area contributed by atoms with Crippen molar-refractivity contribution in [2.24, 2.45) is 0 Å². The molecule has 1 aromatic heterocycles. The number of nitrogens with zero attached hydrogens (tertiary/aromatic N) is 3. The van der Waals surface area contributed by atoms with Crippen LogP contribution in [0.25, 0.3) is 0 Å². The maximum Gasteiger partial charge on any atom is 0.244 e. The second-order valence-corrected chi connectivity index (χ2v) is 6.17. The van der Waals surface area contributed by atoms with Crippen LogP contribution in [-0.4, -0.2) is 60.0 Å². The zero-order valence-electron chi connectivity index (χ0n) is 12.6. The predicted molar refractivity (Wildman–Crippen MR) is 84.3 cm³/mol. The molecule has 1 atom stereocenters. The first-order valence-electron chi connectivity index (χ1n) is 7.37. The highest BCUT2D eigenvalue weighted by Gasteiger charge is 2.16. The van der Waals surface area contributed by atoms with E-state index in [1.807, 2.05) is 20.0 Å². The highest BCUT2D eigenvalue weighted by molar-refractivity contribution is 9.10. The fourth-order valence-electron chi connectivity index (χ4n) is 2.26. The van der Waals surface area contributed by atoms with Gasteiger partial charge in [-0.2, -0.15) is 5.10 Å². The van der Waals surface area contributed by atoms with Crippen LogP contribution >= 0.6 is 15.9 Å². The first kappa shape index (κ1) is 16.5. The minimum absolute atomic E-state index is 0.00646. The fraction of sp³-hybridized carbons (Fsp3) is 0.714. The van der Waals surface area contributed by atoms with E-state index in [9.17, 15) is 4.79 Å². The van der Waals surface area contributed by atoms with Crippen LogP contribution in [0.1, 0.15) is 25.1 Å². The second kappa shape index (κ2) is 7.91. The maximum atomic E-state index is 12.1. The van der Waals surface area contributed by atoms with E-state index in [4.69, 9.17) is 4.74 Å². The molecule has 0 spiro atoms. The molecular formula is C14H23BrN4O2. The van der Waals surface area contributed by atoms with E-state index in [-0.39, 0.29) is 11.9 Å². The topological polar surface area (TPSA) is 59.4 Å². The molecule has 1 saturated heterocycles. The van der Waals surface area contributed by atoms with Gasteiger partial charge in [-0.3, -0.25) is 14.4 Å². The number of halogens is 1. The summed E-state index contributed by atoms with van der Waals surface area (Å²) in [4.78, 5) is 14.5. The van der Waals surface area contributed by atoms with Crippen molar-refractivity contribution in [3.8, 4) is 0 Å². The lowest BCUT2D eigenvalue weighted by Crippen LogP contribution is -2.38. The van der Waals surface area contributed by atoms with Crippen molar-refractivity contribution < 1.29 is 9.53 Å². The lowest BCUT2D eigenvalue weighted by Gasteiger charge is -2.26. The average molecular weight is 359 g/mol. The molecule has 21 heavy (non-hydrogen) atoms. The molecule has 0 aliphatic carbocycles. The number of hydrogen-bond donors (Lipinski definition) is 1. The molecular weight excluding hydrogens is 336 g/mol. The Kier molecular flexibility index (Phi) is 6.20. The summed E-state index contributed by atoms with van der Waals surface area (Å²) in [6, 6.07) is -0.293. The fourth-order valence-corrected chi connectivity index (χ4v) is 2.55. The van der Waals surface area contributed by atoms with E-state index >= 15 is 0 Å². The molecule has 1 amide bonds. The van der Waals surface area contributed by atoms with Gasteiger partial charge in [-0.25, -0.2) is 0 Å². The number of carbonyl (C=O) groups excluding carboxylic acids is 1. The predicted octanol–water partition coefficient (Wildman–Crippen LogP) is 1.35. The van der Waals surface area contributed by atoms with Crippen LogP contribution in [0.5, 0.6) is 0 Å². The van der Waals surface area contributed by atoms with E-state index in [1.54, 1.807) is 4.68 Å². The molecule has 0 bridgehead atoms. The maximum absolute atomic E-state index is 12.1. The number of rotatable bonds is 6. The molecule has 0 unspecified atom stereocenters. The largest absolute Gasteiger partial charge is 0.379 e. The molecule has 0 radical (unpaired) electrons. The van der Waals surface area contributed by atoms with Crippen LogP contribution in [0.3, 0.4) is 0 Å². The van der Waals surface area contributed by atoms with Gasteiger partial charge in [0.1, 0.15) is 6.04 Å². The lowest BCUT2D eigenvalue weighted by atomic mass is 10.3. The number of carbonyl (C=O) groups is 1. The summed E-state index contributed by atoms with van der Waals surface area (Å²) < 4.78 is 7.93. The molecule has 1 N–H and O–H groups in total. The molecule has 0 aromatic carbocycles. The molecule has 2 rings (SSSR count). The van der Waals surface area contributed by atoms with Gasteiger partial charge in [0.05, 0.1) is 23.4 Å². The van der Waals surface area contributed by atoms with Gasteiger partial charge in [0.25, 0.3) is 0 Å². The average Bonchev–Trinajstić information content (AvgIpc) is 2.83. The highest BCUT2D eigenvalue weighted by Crippen LogP contribution is 2.16. The first-order chi connectivity index (χ1) is 10.1. The van der Waals surface area contributed by atoms with E-state index in [0.717, 1.165) is 49.4 Å². The standard InChI is InChI=1S/C14H23BrN4O2/c1-11-13(15)10-19(17-11)12(2)14(20)16-4-3-5-18-6-8-21-9-7-18/h10,12H,3-9H2,1-2H3,(H,16,20)/t12-/m0/s1. The molecule has 1 aliphatic rings. The van der Waals surface area contributed by atoms with Crippen molar-refractivity contribution in [2.75, 3.05) is 39.4 Å². The molecule has 1 fully saturated rings. The number of amides is 1. The summed E-state index contributed by atoms with van der Waals surface area (Å²) in [5.74, 6) is 0.00646. The van der Waals surface area contributed by atoms with Crippen molar-refractivity contribution in [3.05, 3.63) is 16.4 Å². The zero-order chi connectivity index (χ0) is 15.2. The Hall–Kier alpha value is -0.920. The van der Waals surface area contributed by atoms with E-state index in [1.165, 1.54) is 0 Å². The minimum atomic E-state index is -0.293. The van der Waals surface area contributed by atoms with Crippen molar-refractivity contribution in [1.82, 2.24) is 20.0 Å². The summed E-state index contributed by atoms with van der Waals surface area (Å²) in [5, 5.41) is 7.30. The summed E-state index contributed by atoms with van der Waals surface area (Å²) in [7, 11) is 0. The number of aryl methyl sites for hydroxylation is 1. The van der Waals surface area contributed by atoms with Gasteiger partial charge in [-0.05, 0) is 42.7 Å². The molecule has 1 aromatic rings. The number of ether oxygens (including phenoxy) is 1. The second-order valence-electron chi connectivity index (χ2n) is 5.32. The van der Waals surface area contributed by atoms with E-state index < -0.39 is 0 Å². The summed E-state index contributed by atoms with van der Waals surface area (Å²) in [6.45, 7) is 9.08. The minimum Gasteiger partial charge on any atom is -0.379 e. The smallest absolute Gasteiger partial charge is 0.244 e. The van der Waals surface area contributed by atoms with Gasteiger partial charge in [0, 0.05) is 25.8 Å². The number of aromatic nitrogens is 2. The van der Waals surface area contributed by atoms with Crippen LogP contribution in [0, 0.1) is 6.92 Å². The number of hydrogen-bond acceptors (Lipinski definition) is 4. The van der Waals surface area contributed by atoms with Crippen LogP contribution in [0.2, 0.25) is 0 Å². The van der Waals surface area contributed by atoms with Crippen molar-refractivity contribution in [2.45, 2.75) is 26.3 Å². The molecule has 0 saturated carbocycles. The molecule has 7 heteroatoms. The molecule has 6 nitrogen and oxygen atoms in total. The molecule has 118 valence electrons. The SMILES string of the molecule is Cc1nn([C@@H](C)C(=O)NCCCN2CCOCC2)cc1Br. The normalized spacial score (nSPS) is 17.7. The van der Waals surface area contributed by atoms with E-state index in [0.29, 0.717) is 6.54 Å². The Morgan fingerprint density at radius 1 is 1.52 bits per heavy atom. The lowest BCUT2D eigenvalue weighted by molar-refractivity contribution is -0.124. The van der Waals surface area contributed by atoms with Crippen molar-refractivity contribution >= 4 is 21.8 Å². The monoisotopic (exact) mass is 358 g/mol. The third-order valence-corrected chi connectivity index (χ3v) is 4.47. The first-order valence-corrected chi connectivity index (χ1v) is 8.16. The Morgan fingerprint density at radius 2 is 2.24 bits per heavy atom. The Labute approximate surface area is 133 Å². The third kappa shape index (κ3) is 4.79. The number of nitrogens with one attached hydrogen (secondary N) is 1. The van der Waals surface area contributed by atoms with Gasteiger partial charge in [-0.1, -0.05) is 0 Å². The van der Waals surface area contributed by atoms with Crippen LogP contribution in [-0.2, 0) is 9.53 Å².